The van der Waals surface area contributed by atoms with Gasteiger partial charge in [0.15, 0.2) is 0 Å². The van der Waals surface area contributed by atoms with E-state index in [1.807, 2.05) is 36.1 Å². The summed E-state index contributed by atoms with van der Waals surface area (Å²) < 4.78 is 8.25. The van der Waals surface area contributed by atoms with Crippen LogP contribution in [0.1, 0.15) is 19.3 Å². The summed E-state index contributed by atoms with van der Waals surface area (Å²) in [6, 6.07) is 8.81. The molecule has 1 aromatic carbocycles. The van der Waals surface area contributed by atoms with Gasteiger partial charge in [-0.15, -0.1) is 0 Å². The fraction of sp³-hybridized carbons (Fsp3) is 0.450. The number of aryl methyl sites for hydroxylation is 1. The molecule has 4 heterocycles. The van der Waals surface area contributed by atoms with Crippen LogP contribution in [0.5, 0.6) is 5.75 Å². The lowest BCUT2D eigenvalue weighted by molar-refractivity contribution is -0.123. The topological polar surface area (TPSA) is 105 Å². The molecular formula is C20H27N3O5. The molecule has 0 saturated carbocycles. The number of carbonyl (C=O) groups is 2. The maximum Gasteiger partial charge on any atom is 0.290 e. The molecule has 1 atom stereocenters. The van der Waals surface area contributed by atoms with E-state index in [2.05, 4.69) is 22.0 Å². The number of rotatable bonds is 4. The quantitative estimate of drug-likeness (QED) is 0.773. The molecule has 0 spiro atoms. The second-order valence-corrected chi connectivity index (χ2v) is 6.75. The van der Waals surface area contributed by atoms with Crippen LogP contribution in [-0.2, 0) is 16.6 Å². The van der Waals surface area contributed by atoms with Crippen LogP contribution in [0.2, 0.25) is 0 Å². The molecule has 0 radical (unpaired) electrons. The molecule has 0 amide bonds. The summed E-state index contributed by atoms with van der Waals surface area (Å²) >= 11 is 0. The molecule has 8 nitrogen and oxygen atoms in total. The van der Waals surface area contributed by atoms with Crippen molar-refractivity contribution in [3.05, 3.63) is 36.7 Å². The molecule has 1 aromatic heterocycles. The van der Waals surface area contributed by atoms with Crippen molar-refractivity contribution >= 4 is 12.9 Å². The molecule has 28 heavy (non-hydrogen) atoms. The minimum Gasteiger partial charge on any atom is -0.491 e. The van der Waals surface area contributed by atoms with Crippen molar-refractivity contribution in [3.63, 3.8) is 0 Å². The highest BCUT2D eigenvalue weighted by Gasteiger charge is 2.33. The molecule has 5 rings (SSSR count). The van der Waals surface area contributed by atoms with Gasteiger partial charge >= 0.3 is 0 Å². The Morgan fingerprint density at radius 3 is 2.36 bits per heavy atom. The lowest BCUT2D eigenvalue weighted by Gasteiger charge is -2.45. The summed E-state index contributed by atoms with van der Waals surface area (Å²) in [6.07, 6.45) is 7.85. The van der Waals surface area contributed by atoms with Crippen molar-refractivity contribution < 1.29 is 24.5 Å². The number of para-hydroxylation sites is 1. The Morgan fingerprint density at radius 2 is 1.82 bits per heavy atom. The van der Waals surface area contributed by atoms with Crippen LogP contribution in [0.25, 0.3) is 11.4 Å². The summed E-state index contributed by atoms with van der Waals surface area (Å²) in [4.78, 5) is 23.8. The summed E-state index contributed by atoms with van der Waals surface area (Å²) in [7, 11) is 2.02. The van der Waals surface area contributed by atoms with Gasteiger partial charge in [0.25, 0.3) is 12.9 Å². The molecular weight excluding hydrogens is 362 g/mol. The molecule has 2 N–H and O–H groups in total. The number of benzene rings is 1. The molecule has 3 fully saturated rings. The van der Waals surface area contributed by atoms with Crippen LogP contribution in [0, 0.1) is 5.92 Å². The Hall–Kier alpha value is -2.87. The molecule has 3 saturated heterocycles. The van der Waals surface area contributed by atoms with Crippen molar-refractivity contribution in [2.45, 2.75) is 25.3 Å². The lowest BCUT2D eigenvalue weighted by atomic mass is 9.83. The fourth-order valence-electron chi connectivity index (χ4n) is 3.85. The van der Waals surface area contributed by atoms with Gasteiger partial charge in [-0.3, -0.25) is 14.5 Å². The first kappa shape index (κ1) is 21.4. The number of aromatic nitrogens is 2. The monoisotopic (exact) mass is 389 g/mol. The fourth-order valence-corrected chi connectivity index (χ4v) is 3.85. The van der Waals surface area contributed by atoms with Crippen LogP contribution in [-0.4, -0.2) is 63.3 Å². The number of carboxylic acid groups (broad SMARTS) is 2. The minimum absolute atomic E-state index is 0.250. The van der Waals surface area contributed by atoms with E-state index in [-0.39, 0.29) is 12.9 Å². The lowest BCUT2D eigenvalue weighted by Crippen LogP contribution is -2.51. The van der Waals surface area contributed by atoms with Crippen LogP contribution >= 0.6 is 0 Å². The smallest absolute Gasteiger partial charge is 0.290 e. The molecule has 0 aliphatic carbocycles. The number of nitrogens with zero attached hydrogens (tertiary/aromatic N) is 3. The van der Waals surface area contributed by atoms with E-state index < -0.39 is 0 Å². The van der Waals surface area contributed by atoms with Crippen molar-refractivity contribution in [2.24, 2.45) is 13.0 Å². The maximum absolute atomic E-state index is 8.36. The van der Waals surface area contributed by atoms with Gasteiger partial charge in [-0.2, -0.15) is 0 Å². The predicted molar refractivity (Wildman–Crippen MR) is 104 cm³/mol. The SMILES string of the molecule is Cn1ccnc1-c1ccccc1OCC1CC2CCN1CC2.O=CO.O=CO. The second kappa shape index (κ2) is 11.1. The first-order valence-corrected chi connectivity index (χ1v) is 9.23. The molecule has 1 unspecified atom stereocenters. The third-order valence-corrected chi connectivity index (χ3v) is 5.15. The van der Waals surface area contributed by atoms with E-state index in [9.17, 15) is 0 Å². The van der Waals surface area contributed by atoms with Crippen molar-refractivity contribution in [3.8, 4) is 17.1 Å². The Bertz CT molecular complexity index is 735. The van der Waals surface area contributed by atoms with E-state index in [1.165, 1.54) is 32.4 Å². The van der Waals surface area contributed by atoms with E-state index in [1.54, 1.807) is 0 Å². The third kappa shape index (κ3) is 5.56. The number of fused-ring (bicyclic) bond motifs is 3. The summed E-state index contributed by atoms with van der Waals surface area (Å²) in [5.41, 5.74) is 1.07. The number of ether oxygens (including phenoxy) is 1. The zero-order chi connectivity index (χ0) is 20.4. The van der Waals surface area contributed by atoms with Gasteiger partial charge in [-0.1, -0.05) is 12.1 Å². The van der Waals surface area contributed by atoms with Crippen LogP contribution in [0.15, 0.2) is 36.7 Å². The normalized spacial score (nSPS) is 22.1. The van der Waals surface area contributed by atoms with Crippen molar-refractivity contribution in [1.29, 1.82) is 0 Å². The van der Waals surface area contributed by atoms with Gasteiger partial charge in [-0.25, -0.2) is 4.98 Å². The highest BCUT2D eigenvalue weighted by atomic mass is 16.5. The van der Waals surface area contributed by atoms with Gasteiger partial charge in [0.05, 0.1) is 5.56 Å². The second-order valence-electron chi connectivity index (χ2n) is 6.75. The van der Waals surface area contributed by atoms with E-state index >= 15 is 0 Å². The molecule has 2 bridgehead atoms. The Kier molecular flexibility index (Phi) is 8.48. The first-order chi connectivity index (χ1) is 13.6. The third-order valence-electron chi connectivity index (χ3n) is 5.15. The van der Waals surface area contributed by atoms with Crippen LogP contribution in [0.3, 0.4) is 0 Å². The van der Waals surface area contributed by atoms with Gasteiger partial charge in [0, 0.05) is 25.5 Å². The van der Waals surface area contributed by atoms with Gasteiger partial charge in [0.1, 0.15) is 18.2 Å². The number of hydrogen-bond acceptors (Lipinski definition) is 5. The van der Waals surface area contributed by atoms with Crippen molar-refractivity contribution in [1.82, 2.24) is 14.5 Å². The Morgan fingerprint density at radius 1 is 1.18 bits per heavy atom. The number of imidazole rings is 1. The average molecular weight is 389 g/mol. The van der Waals surface area contributed by atoms with Gasteiger partial charge in [-0.05, 0) is 50.4 Å². The van der Waals surface area contributed by atoms with Crippen LogP contribution in [0.4, 0.5) is 0 Å². The zero-order valence-electron chi connectivity index (χ0n) is 16.0. The molecule has 8 heteroatoms. The summed E-state index contributed by atoms with van der Waals surface area (Å²) in [5, 5.41) is 13.8. The molecule has 3 aliphatic heterocycles. The van der Waals surface area contributed by atoms with Gasteiger partial charge in [0.2, 0.25) is 0 Å². The van der Waals surface area contributed by atoms with Crippen molar-refractivity contribution in [2.75, 3.05) is 19.7 Å². The molecule has 2 aromatic rings. The number of piperidine rings is 3. The zero-order valence-corrected chi connectivity index (χ0v) is 16.0. The summed E-state index contributed by atoms with van der Waals surface area (Å²) in [6.45, 7) is 2.79. The predicted octanol–water partition coefficient (Wildman–Crippen LogP) is 2.35. The summed E-state index contributed by atoms with van der Waals surface area (Å²) in [5.74, 6) is 2.82. The minimum atomic E-state index is -0.250. The van der Waals surface area contributed by atoms with Crippen LogP contribution < -0.4 is 4.74 Å². The molecule has 3 aliphatic rings. The highest BCUT2D eigenvalue weighted by Crippen LogP contribution is 2.33. The number of hydrogen-bond donors (Lipinski definition) is 2. The Labute approximate surface area is 164 Å². The van der Waals surface area contributed by atoms with E-state index in [0.29, 0.717) is 6.04 Å². The highest BCUT2D eigenvalue weighted by molar-refractivity contribution is 5.64. The van der Waals surface area contributed by atoms with E-state index in [4.69, 9.17) is 24.5 Å². The van der Waals surface area contributed by atoms with E-state index in [0.717, 1.165) is 29.7 Å². The average Bonchev–Trinajstić information content (AvgIpc) is 3.14. The van der Waals surface area contributed by atoms with Gasteiger partial charge < -0.3 is 19.5 Å². The maximum atomic E-state index is 8.36. The largest absolute Gasteiger partial charge is 0.491 e. The molecule has 152 valence electrons. The Balaban J connectivity index is 0.000000418. The standard InChI is InChI=1S/C18H23N3O.2CH2O2/c1-20-11-8-19-18(20)16-4-2-3-5-17(16)22-13-15-12-14-6-9-21(15)10-7-14;2*2-1-3/h2-5,8,11,14-15H,6-7,9-10,12-13H2,1H3;2*1H,(H,2,3). The first-order valence-electron chi connectivity index (χ1n) is 9.23.